The van der Waals surface area contributed by atoms with Crippen LogP contribution >= 0.6 is 0 Å². The van der Waals surface area contributed by atoms with Crippen LogP contribution < -0.4 is 11.2 Å². The van der Waals surface area contributed by atoms with E-state index in [0.717, 1.165) is 74.3 Å². The van der Waals surface area contributed by atoms with Crippen molar-refractivity contribution in [2.24, 2.45) is 0 Å². The van der Waals surface area contributed by atoms with E-state index in [-0.39, 0.29) is 51.1 Å². The highest BCUT2D eigenvalue weighted by molar-refractivity contribution is 7.86. The molecule has 15 heteroatoms. The van der Waals surface area contributed by atoms with Crippen LogP contribution in [0.2, 0.25) is 0 Å². The lowest BCUT2D eigenvalue weighted by atomic mass is 9.93. The monoisotopic (exact) mass is 752 g/mol. The van der Waals surface area contributed by atoms with Crippen LogP contribution in [0.4, 0.5) is 0 Å². The molecule has 2 heterocycles. The van der Waals surface area contributed by atoms with Gasteiger partial charge in [0.15, 0.2) is 11.6 Å². The van der Waals surface area contributed by atoms with E-state index in [4.69, 9.17) is 37.3 Å². The molecule has 0 spiro atoms. The van der Waals surface area contributed by atoms with Crippen LogP contribution in [0.1, 0.15) is 88.0 Å². The van der Waals surface area contributed by atoms with Gasteiger partial charge in [0, 0.05) is 58.1 Å². The number of nitrogens with zero attached hydrogens (tertiary/aromatic N) is 2. The van der Waals surface area contributed by atoms with E-state index in [0.29, 0.717) is 12.0 Å². The van der Waals surface area contributed by atoms with Gasteiger partial charge in [-0.3, -0.25) is 18.1 Å². The Morgan fingerprint density at radius 1 is 0.808 bits per heavy atom. The first-order valence-corrected chi connectivity index (χ1v) is 19.9. The van der Waals surface area contributed by atoms with Crippen molar-refractivity contribution in [2.75, 3.05) is 53.9 Å². The number of aryl methyl sites for hydroxylation is 2. The predicted molar refractivity (Wildman–Crippen MR) is 191 cm³/mol. The molecule has 52 heavy (non-hydrogen) atoms. The number of hydrogen-bond donors (Lipinski definition) is 0. The topological polar surface area (TPSA) is 152 Å². The van der Waals surface area contributed by atoms with Crippen molar-refractivity contribution < 1.29 is 45.8 Å². The SMILES string of the molecule is COC1(OCC2OC(n3cc(C)c(=O)n(CCOCCOCCOS(=O)(=O)c4ccc(C)cc4)c3=O)CC2OC2(OC)CCCCC2)CCCCC1. The Morgan fingerprint density at radius 2 is 1.40 bits per heavy atom. The summed E-state index contributed by atoms with van der Waals surface area (Å²) < 4.78 is 74.9. The summed E-state index contributed by atoms with van der Waals surface area (Å²) in [5.41, 5.74) is 0.429. The molecule has 5 rings (SSSR count). The molecule has 1 aromatic heterocycles. The molecule has 3 fully saturated rings. The summed E-state index contributed by atoms with van der Waals surface area (Å²) in [5, 5.41) is 0. The van der Waals surface area contributed by atoms with Crippen molar-refractivity contribution in [3.05, 3.63) is 62.4 Å². The quantitative estimate of drug-likeness (QED) is 0.114. The van der Waals surface area contributed by atoms with E-state index in [1.165, 1.54) is 16.7 Å². The van der Waals surface area contributed by atoms with Crippen LogP contribution in [0.15, 0.2) is 44.9 Å². The first kappa shape index (κ1) is 40.7. The molecule has 3 unspecified atom stereocenters. The zero-order chi connectivity index (χ0) is 37.2. The second-order valence-electron chi connectivity index (χ2n) is 14.0. The zero-order valence-corrected chi connectivity index (χ0v) is 31.9. The normalized spacial score (nSPS) is 23.2. The van der Waals surface area contributed by atoms with Gasteiger partial charge in [0.25, 0.3) is 15.7 Å². The minimum atomic E-state index is -3.87. The molecule has 0 N–H and O–H groups in total. The van der Waals surface area contributed by atoms with E-state index < -0.39 is 51.4 Å². The van der Waals surface area contributed by atoms with Crippen molar-refractivity contribution in [3.8, 4) is 0 Å². The maximum Gasteiger partial charge on any atom is 0.333 e. The molecular formula is C37H56N2O12S. The van der Waals surface area contributed by atoms with Crippen molar-refractivity contribution in [1.29, 1.82) is 0 Å². The molecular weight excluding hydrogens is 696 g/mol. The Morgan fingerprint density at radius 3 is 2.04 bits per heavy atom. The highest BCUT2D eigenvalue weighted by Gasteiger charge is 2.45. The van der Waals surface area contributed by atoms with Gasteiger partial charge in [-0.05, 0) is 51.7 Å². The first-order chi connectivity index (χ1) is 25.0. The summed E-state index contributed by atoms with van der Waals surface area (Å²) in [6.45, 7) is 4.14. The van der Waals surface area contributed by atoms with Gasteiger partial charge >= 0.3 is 5.69 Å². The van der Waals surface area contributed by atoms with Crippen LogP contribution in [0.3, 0.4) is 0 Å². The summed E-state index contributed by atoms with van der Waals surface area (Å²) in [6, 6.07) is 6.40. The second-order valence-corrected chi connectivity index (χ2v) is 15.6. The lowest BCUT2D eigenvalue weighted by Crippen LogP contribution is -2.45. The minimum absolute atomic E-state index is 0.0274. The fourth-order valence-electron chi connectivity index (χ4n) is 7.23. The van der Waals surface area contributed by atoms with Gasteiger partial charge in [-0.15, -0.1) is 0 Å². The lowest BCUT2D eigenvalue weighted by molar-refractivity contribution is -0.282. The molecule has 2 aliphatic carbocycles. The molecule has 0 amide bonds. The fourth-order valence-corrected chi connectivity index (χ4v) is 8.12. The third kappa shape index (κ3) is 10.4. The Balaban J connectivity index is 1.16. The number of hydrogen-bond acceptors (Lipinski definition) is 12. The van der Waals surface area contributed by atoms with Gasteiger partial charge in [0.05, 0.1) is 57.2 Å². The van der Waals surface area contributed by atoms with Gasteiger partial charge < -0.3 is 33.2 Å². The van der Waals surface area contributed by atoms with Crippen LogP contribution in [0.5, 0.6) is 0 Å². The number of ether oxygens (including phenoxy) is 7. The van der Waals surface area contributed by atoms with E-state index >= 15 is 0 Å². The van der Waals surface area contributed by atoms with E-state index in [2.05, 4.69) is 0 Å². The smallest absolute Gasteiger partial charge is 0.333 e. The number of methoxy groups -OCH3 is 2. The molecule has 2 aromatic rings. The number of rotatable bonds is 19. The Kier molecular flexibility index (Phi) is 14.7. The third-order valence-electron chi connectivity index (χ3n) is 10.3. The van der Waals surface area contributed by atoms with Gasteiger partial charge in [-0.2, -0.15) is 8.42 Å². The number of aromatic nitrogens is 2. The molecule has 3 atom stereocenters. The maximum atomic E-state index is 13.8. The average molecular weight is 753 g/mol. The average Bonchev–Trinajstić information content (AvgIpc) is 3.55. The largest absolute Gasteiger partial charge is 0.377 e. The maximum absolute atomic E-state index is 13.8. The summed E-state index contributed by atoms with van der Waals surface area (Å²) in [5.74, 6) is -1.40. The van der Waals surface area contributed by atoms with Gasteiger partial charge in [0.1, 0.15) is 12.3 Å². The summed E-state index contributed by atoms with van der Waals surface area (Å²) in [7, 11) is -0.507. The fraction of sp³-hybridized carbons (Fsp3) is 0.730. The van der Waals surface area contributed by atoms with Crippen LogP contribution in [-0.4, -0.2) is 95.2 Å². The zero-order valence-electron chi connectivity index (χ0n) is 31.0. The van der Waals surface area contributed by atoms with Crippen molar-refractivity contribution >= 4 is 10.1 Å². The molecule has 292 valence electrons. The van der Waals surface area contributed by atoms with Crippen molar-refractivity contribution in [2.45, 2.75) is 126 Å². The first-order valence-electron chi connectivity index (χ1n) is 18.5. The summed E-state index contributed by atoms with van der Waals surface area (Å²) >= 11 is 0. The van der Waals surface area contributed by atoms with E-state index in [1.807, 2.05) is 6.92 Å². The lowest BCUT2D eigenvalue weighted by Gasteiger charge is -2.40. The van der Waals surface area contributed by atoms with Crippen molar-refractivity contribution in [1.82, 2.24) is 9.13 Å². The van der Waals surface area contributed by atoms with E-state index in [9.17, 15) is 18.0 Å². The number of benzene rings is 1. The molecule has 1 aliphatic heterocycles. The molecule has 14 nitrogen and oxygen atoms in total. The van der Waals surface area contributed by atoms with Gasteiger partial charge in [0.2, 0.25) is 0 Å². The Bertz CT molecular complexity index is 1650. The predicted octanol–water partition coefficient (Wildman–Crippen LogP) is 4.37. The Hall–Kier alpha value is -2.47. The molecule has 1 saturated heterocycles. The van der Waals surface area contributed by atoms with Crippen LogP contribution in [0.25, 0.3) is 0 Å². The molecule has 0 bridgehead atoms. The van der Waals surface area contributed by atoms with Gasteiger partial charge in [-0.1, -0.05) is 30.5 Å². The highest BCUT2D eigenvalue weighted by atomic mass is 32.2. The van der Waals surface area contributed by atoms with E-state index in [1.54, 1.807) is 39.5 Å². The van der Waals surface area contributed by atoms with Crippen LogP contribution in [0, 0.1) is 13.8 Å². The summed E-state index contributed by atoms with van der Waals surface area (Å²) in [4.78, 5) is 27.0. The minimum Gasteiger partial charge on any atom is -0.377 e. The second kappa shape index (κ2) is 18.7. The summed E-state index contributed by atoms with van der Waals surface area (Å²) in [6.07, 6.45) is 9.83. The molecule has 1 aromatic carbocycles. The highest BCUT2D eigenvalue weighted by Crippen LogP contribution is 2.40. The molecule has 3 aliphatic rings. The van der Waals surface area contributed by atoms with Crippen LogP contribution in [-0.2, 0) is 54.0 Å². The van der Waals surface area contributed by atoms with Crippen molar-refractivity contribution in [3.63, 3.8) is 0 Å². The molecule has 0 radical (unpaired) electrons. The molecule has 2 saturated carbocycles. The van der Waals surface area contributed by atoms with Gasteiger partial charge in [-0.25, -0.2) is 4.79 Å². The standard InChI is InChI=1S/C37H56N2O12S/c1-28-11-13-30(14-12-28)52(42,43)49-24-23-47-22-21-46-20-19-38-34(40)29(2)26-39(35(38)41)33-25-31(51-37(45-4)17-9-6-10-18-37)32(50-33)27-48-36(44-3)15-7-5-8-16-36/h11-14,26,31-33H,5-10,15-25,27H2,1-4H3. The third-order valence-corrected chi connectivity index (χ3v) is 11.6. The Labute approximate surface area is 306 Å².